The fraction of sp³-hybridized carbons (Fsp3) is 0.300. The van der Waals surface area contributed by atoms with Gasteiger partial charge in [0.25, 0.3) is 5.91 Å². The van der Waals surface area contributed by atoms with Crippen molar-refractivity contribution in [1.82, 2.24) is 14.7 Å². The molecule has 0 radical (unpaired) electrons. The Bertz CT molecular complexity index is 945. The minimum Gasteiger partial charge on any atom is -0.393 e. The van der Waals surface area contributed by atoms with Crippen LogP contribution in [0.15, 0.2) is 48.7 Å². The van der Waals surface area contributed by atoms with Gasteiger partial charge >= 0.3 is 0 Å². The lowest BCUT2D eigenvalue weighted by atomic mass is 9.75. The Balaban J connectivity index is 1.65. The predicted molar refractivity (Wildman–Crippen MR) is 95.3 cm³/mol. The Kier molecular flexibility index (Phi) is 4.20. The standard InChI is InChI=1S/C20H20FN3O2/c1-12-19(24-9-3-2-4-17(24)22-12)20(26)23-18(14-10-16(25)11-14)13-5-7-15(21)8-6-13/h2-9,14,16,18,25H,10-11H2,1H3,(H,23,26)/t14?,16?,18-/m0/s1. The Morgan fingerprint density at radius 1 is 1.27 bits per heavy atom. The van der Waals surface area contributed by atoms with E-state index in [1.54, 1.807) is 16.5 Å². The average Bonchev–Trinajstić information content (AvgIpc) is 2.94. The summed E-state index contributed by atoms with van der Waals surface area (Å²) in [6, 6.07) is 11.5. The van der Waals surface area contributed by atoms with E-state index in [0.29, 0.717) is 29.9 Å². The summed E-state index contributed by atoms with van der Waals surface area (Å²) in [5.41, 5.74) is 2.70. The summed E-state index contributed by atoms with van der Waals surface area (Å²) < 4.78 is 15.0. The molecule has 2 aromatic heterocycles. The molecule has 5 nitrogen and oxygen atoms in total. The number of pyridine rings is 1. The first kappa shape index (κ1) is 16.7. The van der Waals surface area contributed by atoms with E-state index in [0.717, 1.165) is 5.56 Å². The van der Waals surface area contributed by atoms with Crippen LogP contribution in [0.4, 0.5) is 4.39 Å². The number of aliphatic hydroxyl groups excluding tert-OH is 1. The maximum atomic E-state index is 13.3. The summed E-state index contributed by atoms with van der Waals surface area (Å²) in [5.74, 6) is -0.416. The number of hydrogen-bond donors (Lipinski definition) is 2. The van der Waals surface area contributed by atoms with Crippen molar-refractivity contribution in [2.75, 3.05) is 0 Å². The molecule has 0 bridgehead atoms. The van der Waals surface area contributed by atoms with Crippen molar-refractivity contribution < 1.29 is 14.3 Å². The van der Waals surface area contributed by atoms with E-state index in [4.69, 9.17) is 0 Å². The minimum atomic E-state index is -0.336. The fourth-order valence-electron chi connectivity index (χ4n) is 3.64. The van der Waals surface area contributed by atoms with Crippen LogP contribution in [0, 0.1) is 18.7 Å². The van der Waals surface area contributed by atoms with Crippen molar-refractivity contribution in [1.29, 1.82) is 0 Å². The third kappa shape index (κ3) is 2.97. The molecule has 2 N–H and O–H groups in total. The van der Waals surface area contributed by atoms with Crippen LogP contribution in [0.3, 0.4) is 0 Å². The topological polar surface area (TPSA) is 66.6 Å². The molecule has 0 spiro atoms. The number of carbonyl (C=O) groups excluding carboxylic acids is 1. The lowest BCUT2D eigenvalue weighted by Gasteiger charge is -2.38. The molecule has 134 valence electrons. The molecule has 1 amide bonds. The summed E-state index contributed by atoms with van der Waals surface area (Å²) in [5, 5.41) is 12.8. The van der Waals surface area contributed by atoms with Gasteiger partial charge in [0.15, 0.2) is 0 Å². The number of nitrogens with zero attached hydrogens (tertiary/aromatic N) is 2. The summed E-state index contributed by atoms with van der Waals surface area (Å²) >= 11 is 0. The zero-order valence-corrected chi connectivity index (χ0v) is 14.4. The monoisotopic (exact) mass is 353 g/mol. The van der Waals surface area contributed by atoms with Crippen LogP contribution in [0.25, 0.3) is 5.65 Å². The van der Waals surface area contributed by atoms with E-state index < -0.39 is 0 Å². The molecule has 0 unspecified atom stereocenters. The molecule has 1 atom stereocenters. The number of aliphatic hydroxyl groups is 1. The van der Waals surface area contributed by atoms with Crippen LogP contribution in [0.2, 0.25) is 0 Å². The lowest BCUT2D eigenvalue weighted by Crippen LogP contribution is -2.41. The molecule has 4 rings (SSSR count). The van der Waals surface area contributed by atoms with Crippen molar-refractivity contribution in [2.45, 2.75) is 31.9 Å². The van der Waals surface area contributed by atoms with E-state index in [-0.39, 0.29) is 29.8 Å². The average molecular weight is 353 g/mol. The number of benzene rings is 1. The second-order valence-corrected chi connectivity index (χ2v) is 6.86. The smallest absolute Gasteiger partial charge is 0.270 e. The molecule has 1 aromatic carbocycles. The van der Waals surface area contributed by atoms with Gasteiger partial charge < -0.3 is 10.4 Å². The molecule has 1 saturated carbocycles. The highest BCUT2D eigenvalue weighted by atomic mass is 19.1. The highest BCUT2D eigenvalue weighted by Gasteiger charge is 2.36. The molecule has 2 heterocycles. The van der Waals surface area contributed by atoms with Crippen LogP contribution in [-0.4, -0.2) is 26.5 Å². The molecule has 1 fully saturated rings. The second-order valence-electron chi connectivity index (χ2n) is 6.86. The number of fused-ring (bicyclic) bond motifs is 1. The molecule has 26 heavy (non-hydrogen) atoms. The summed E-state index contributed by atoms with van der Waals surface area (Å²) in [4.78, 5) is 17.4. The number of aromatic nitrogens is 2. The predicted octanol–water partition coefficient (Wildman–Crippen LogP) is 3.02. The number of halogens is 1. The first-order valence-electron chi connectivity index (χ1n) is 8.71. The van der Waals surface area contributed by atoms with Gasteiger partial charge in [-0.2, -0.15) is 0 Å². The van der Waals surface area contributed by atoms with Gasteiger partial charge in [-0.25, -0.2) is 9.37 Å². The van der Waals surface area contributed by atoms with Crippen LogP contribution < -0.4 is 5.32 Å². The number of carbonyl (C=O) groups is 1. The number of imidazole rings is 1. The van der Waals surface area contributed by atoms with E-state index in [1.807, 2.05) is 31.3 Å². The molecule has 0 saturated heterocycles. The molecule has 1 aliphatic carbocycles. The van der Waals surface area contributed by atoms with Gasteiger partial charge in [0.05, 0.1) is 17.8 Å². The van der Waals surface area contributed by atoms with Crippen LogP contribution in [0.1, 0.15) is 40.6 Å². The second kappa shape index (κ2) is 6.53. The largest absolute Gasteiger partial charge is 0.393 e. The van der Waals surface area contributed by atoms with Gasteiger partial charge in [-0.1, -0.05) is 18.2 Å². The van der Waals surface area contributed by atoms with Gasteiger partial charge in [-0.3, -0.25) is 9.20 Å². The Morgan fingerprint density at radius 2 is 2.00 bits per heavy atom. The van der Waals surface area contributed by atoms with Crippen molar-refractivity contribution in [2.24, 2.45) is 5.92 Å². The van der Waals surface area contributed by atoms with Crippen molar-refractivity contribution in [3.8, 4) is 0 Å². The third-order valence-electron chi connectivity index (χ3n) is 5.06. The first-order chi connectivity index (χ1) is 12.5. The SMILES string of the molecule is Cc1nc2ccccn2c1C(=O)N[C@@H](c1ccc(F)cc1)C1CC(O)C1. The Morgan fingerprint density at radius 3 is 2.69 bits per heavy atom. The Labute approximate surface area is 150 Å². The third-order valence-corrected chi connectivity index (χ3v) is 5.06. The number of hydrogen-bond acceptors (Lipinski definition) is 3. The zero-order valence-electron chi connectivity index (χ0n) is 14.4. The first-order valence-corrected chi connectivity index (χ1v) is 8.71. The fourth-order valence-corrected chi connectivity index (χ4v) is 3.64. The van der Waals surface area contributed by atoms with Crippen LogP contribution in [0.5, 0.6) is 0 Å². The van der Waals surface area contributed by atoms with E-state index >= 15 is 0 Å². The zero-order chi connectivity index (χ0) is 18.3. The molecular weight excluding hydrogens is 333 g/mol. The van der Waals surface area contributed by atoms with Gasteiger partial charge in [0, 0.05) is 6.20 Å². The maximum absolute atomic E-state index is 13.3. The summed E-state index contributed by atoms with van der Waals surface area (Å²) in [6.45, 7) is 1.81. The number of amides is 1. The van der Waals surface area contributed by atoms with Crippen molar-refractivity contribution in [3.05, 3.63) is 71.4 Å². The van der Waals surface area contributed by atoms with E-state index in [1.165, 1.54) is 12.1 Å². The molecular formula is C20H20FN3O2. The quantitative estimate of drug-likeness (QED) is 0.758. The maximum Gasteiger partial charge on any atom is 0.270 e. The summed E-state index contributed by atoms with van der Waals surface area (Å²) in [7, 11) is 0. The normalized spacial score (nSPS) is 20.6. The van der Waals surface area contributed by atoms with Crippen molar-refractivity contribution in [3.63, 3.8) is 0 Å². The molecule has 6 heteroatoms. The molecule has 1 aliphatic rings. The van der Waals surface area contributed by atoms with Crippen LogP contribution in [-0.2, 0) is 0 Å². The molecule has 0 aliphatic heterocycles. The van der Waals surface area contributed by atoms with Crippen LogP contribution >= 0.6 is 0 Å². The van der Waals surface area contributed by atoms with E-state index in [9.17, 15) is 14.3 Å². The molecule has 3 aromatic rings. The Hall–Kier alpha value is -2.73. The number of nitrogens with one attached hydrogen (secondary N) is 1. The highest BCUT2D eigenvalue weighted by molar-refractivity contribution is 5.95. The number of aryl methyl sites for hydroxylation is 1. The summed E-state index contributed by atoms with van der Waals surface area (Å²) in [6.07, 6.45) is 2.71. The van der Waals surface area contributed by atoms with Gasteiger partial charge in [0.2, 0.25) is 0 Å². The highest BCUT2D eigenvalue weighted by Crippen LogP contribution is 2.38. The minimum absolute atomic E-state index is 0.124. The number of rotatable bonds is 4. The van der Waals surface area contributed by atoms with Gasteiger partial charge in [-0.05, 0) is 55.5 Å². The van der Waals surface area contributed by atoms with E-state index in [2.05, 4.69) is 10.3 Å². The van der Waals surface area contributed by atoms with Crippen molar-refractivity contribution >= 4 is 11.6 Å². The lowest BCUT2D eigenvalue weighted by molar-refractivity contribution is 0.0234. The van der Waals surface area contributed by atoms with Gasteiger partial charge in [0.1, 0.15) is 17.2 Å². The van der Waals surface area contributed by atoms with Gasteiger partial charge in [-0.15, -0.1) is 0 Å².